The second-order valence-electron chi connectivity index (χ2n) is 3.58. The highest BCUT2D eigenvalue weighted by Crippen LogP contribution is 2.23. The van der Waals surface area contributed by atoms with Crippen LogP contribution in [-0.2, 0) is 0 Å². The summed E-state index contributed by atoms with van der Waals surface area (Å²) in [5, 5.41) is 10.6. The van der Waals surface area contributed by atoms with Crippen LogP contribution in [0.25, 0.3) is 11.1 Å². The van der Waals surface area contributed by atoms with Crippen LogP contribution in [0.1, 0.15) is 5.56 Å². The Hall–Kier alpha value is -2.16. The fourth-order valence-corrected chi connectivity index (χ4v) is 1.47. The summed E-state index contributed by atoms with van der Waals surface area (Å²) in [4.78, 5) is 10.2. The summed E-state index contributed by atoms with van der Waals surface area (Å²) in [6, 6.07) is 15.4. The van der Waals surface area contributed by atoms with Gasteiger partial charge in [-0.05, 0) is 30.2 Å². The standard InChI is InChI=1S/C13H10NO2/c1-10-5-7-11(8-6-10)12-3-2-4-13(9-12)14(15)16/h2,4-9H,1H3. The summed E-state index contributed by atoms with van der Waals surface area (Å²) >= 11 is 0. The highest BCUT2D eigenvalue weighted by atomic mass is 16.6. The molecular weight excluding hydrogens is 202 g/mol. The Balaban J connectivity index is 2.44. The Kier molecular flexibility index (Phi) is 2.68. The number of aryl methyl sites for hydroxylation is 1. The molecule has 2 aromatic carbocycles. The summed E-state index contributed by atoms with van der Waals surface area (Å²) < 4.78 is 0. The van der Waals surface area contributed by atoms with Crippen molar-refractivity contribution in [3.05, 3.63) is 64.2 Å². The molecule has 16 heavy (non-hydrogen) atoms. The Morgan fingerprint density at radius 3 is 2.50 bits per heavy atom. The molecule has 0 aliphatic rings. The van der Waals surface area contributed by atoms with Crippen molar-refractivity contribution in [2.75, 3.05) is 0 Å². The lowest BCUT2D eigenvalue weighted by Gasteiger charge is -2.01. The van der Waals surface area contributed by atoms with Gasteiger partial charge in [-0.3, -0.25) is 10.1 Å². The molecule has 3 nitrogen and oxygen atoms in total. The molecule has 0 heterocycles. The fraction of sp³-hybridized carbons (Fsp3) is 0.0769. The van der Waals surface area contributed by atoms with Crippen molar-refractivity contribution in [3.63, 3.8) is 0 Å². The van der Waals surface area contributed by atoms with Crippen LogP contribution in [0.4, 0.5) is 5.69 Å². The summed E-state index contributed by atoms with van der Waals surface area (Å²) in [5.74, 6) is 0. The molecule has 0 amide bonds. The topological polar surface area (TPSA) is 43.1 Å². The highest BCUT2D eigenvalue weighted by Gasteiger charge is 2.06. The first-order valence-corrected chi connectivity index (χ1v) is 4.90. The van der Waals surface area contributed by atoms with E-state index in [1.54, 1.807) is 6.07 Å². The molecule has 0 atom stereocenters. The molecule has 79 valence electrons. The third kappa shape index (κ3) is 2.08. The molecule has 0 bridgehead atoms. The van der Waals surface area contributed by atoms with E-state index in [2.05, 4.69) is 6.07 Å². The van der Waals surface area contributed by atoms with Crippen LogP contribution in [0.2, 0.25) is 0 Å². The number of rotatable bonds is 2. The minimum atomic E-state index is -0.397. The van der Waals surface area contributed by atoms with Gasteiger partial charge in [-0.25, -0.2) is 0 Å². The molecule has 0 saturated heterocycles. The molecule has 3 heteroatoms. The molecule has 0 aliphatic carbocycles. The average molecular weight is 212 g/mol. The number of nitro benzene ring substituents is 1. The van der Waals surface area contributed by atoms with E-state index >= 15 is 0 Å². The SMILES string of the molecule is Cc1ccc(-c2[c]ccc([N+](=O)[O-])c2)cc1. The van der Waals surface area contributed by atoms with Gasteiger partial charge in [0, 0.05) is 12.1 Å². The van der Waals surface area contributed by atoms with Gasteiger partial charge in [0.15, 0.2) is 0 Å². The predicted octanol–water partition coefficient (Wildman–Crippen LogP) is 3.37. The molecule has 0 fully saturated rings. The van der Waals surface area contributed by atoms with Crippen LogP contribution in [0.15, 0.2) is 42.5 Å². The lowest BCUT2D eigenvalue weighted by atomic mass is 10.0. The van der Waals surface area contributed by atoms with E-state index in [1.807, 2.05) is 31.2 Å². The van der Waals surface area contributed by atoms with Crippen molar-refractivity contribution in [3.8, 4) is 11.1 Å². The van der Waals surface area contributed by atoms with Gasteiger partial charge in [0.05, 0.1) is 4.92 Å². The van der Waals surface area contributed by atoms with E-state index in [4.69, 9.17) is 0 Å². The van der Waals surface area contributed by atoms with Gasteiger partial charge in [-0.2, -0.15) is 0 Å². The van der Waals surface area contributed by atoms with Gasteiger partial charge in [0.25, 0.3) is 5.69 Å². The number of benzene rings is 2. The molecule has 2 aromatic rings. The molecule has 2 rings (SSSR count). The van der Waals surface area contributed by atoms with Crippen molar-refractivity contribution >= 4 is 5.69 Å². The third-order valence-electron chi connectivity index (χ3n) is 2.36. The monoisotopic (exact) mass is 212 g/mol. The van der Waals surface area contributed by atoms with Gasteiger partial charge in [0.2, 0.25) is 0 Å². The molecule has 0 spiro atoms. The highest BCUT2D eigenvalue weighted by molar-refractivity contribution is 5.65. The van der Waals surface area contributed by atoms with E-state index in [-0.39, 0.29) is 5.69 Å². The molecule has 0 saturated carbocycles. The Morgan fingerprint density at radius 2 is 1.88 bits per heavy atom. The number of non-ortho nitro benzene ring substituents is 1. The normalized spacial score (nSPS) is 10.1. The van der Waals surface area contributed by atoms with Crippen LogP contribution in [0.3, 0.4) is 0 Å². The maximum atomic E-state index is 10.6. The number of hydrogen-bond donors (Lipinski definition) is 0. The molecule has 1 radical (unpaired) electrons. The minimum absolute atomic E-state index is 0.0920. The number of hydrogen-bond acceptors (Lipinski definition) is 2. The van der Waals surface area contributed by atoms with Crippen LogP contribution in [0.5, 0.6) is 0 Å². The van der Waals surface area contributed by atoms with Gasteiger partial charge in [0.1, 0.15) is 0 Å². The summed E-state index contributed by atoms with van der Waals surface area (Å²) in [6.07, 6.45) is 0. The van der Waals surface area contributed by atoms with E-state index in [0.29, 0.717) is 0 Å². The third-order valence-corrected chi connectivity index (χ3v) is 2.36. The summed E-state index contributed by atoms with van der Waals surface area (Å²) in [5.41, 5.74) is 2.94. The maximum Gasteiger partial charge on any atom is 0.270 e. The Morgan fingerprint density at radius 1 is 1.19 bits per heavy atom. The summed E-state index contributed by atoms with van der Waals surface area (Å²) in [6.45, 7) is 2.00. The van der Waals surface area contributed by atoms with E-state index in [9.17, 15) is 10.1 Å². The number of nitrogens with zero attached hydrogens (tertiary/aromatic N) is 1. The van der Waals surface area contributed by atoms with Gasteiger partial charge in [-0.15, -0.1) is 0 Å². The average Bonchev–Trinajstić information content (AvgIpc) is 2.30. The van der Waals surface area contributed by atoms with Crippen LogP contribution in [-0.4, -0.2) is 4.92 Å². The zero-order chi connectivity index (χ0) is 11.5. The quantitative estimate of drug-likeness (QED) is 0.565. The Bertz CT molecular complexity index is 518. The van der Waals surface area contributed by atoms with E-state index in [0.717, 1.165) is 16.7 Å². The number of nitro groups is 1. The van der Waals surface area contributed by atoms with Crippen molar-refractivity contribution in [2.24, 2.45) is 0 Å². The van der Waals surface area contributed by atoms with Crippen molar-refractivity contribution in [2.45, 2.75) is 6.92 Å². The molecular formula is C13H10NO2. The molecule has 0 N–H and O–H groups in total. The minimum Gasteiger partial charge on any atom is -0.258 e. The summed E-state index contributed by atoms with van der Waals surface area (Å²) in [7, 11) is 0. The van der Waals surface area contributed by atoms with Crippen LogP contribution < -0.4 is 0 Å². The van der Waals surface area contributed by atoms with Crippen molar-refractivity contribution < 1.29 is 4.92 Å². The second-order valence-corrected chi connectivity index (χ2v) is 3.58. The van der Waals surface area contributed by atoms with Crippen molar-refractivity contribution in [1.29, 1.82) is 0 Å². The Labute approximate surface area is 93.5 Å². The molecule has 0 aromatic heterocycles. The smallest absolute Gasteiger partial charge is 0.258 e. The lowest BCUT2D eigenvalue weighted by Crippen LogP contribution is -1.88. The fourth-order valence-electron chi connectivity index (χ4n) is 1.47. The van der Waals surface area contributed by atoms with Gasteiger partial charge in [-0.1, -0.05) is 29.8 Å². The second kappa shape index (κ2) is 4.14. The van der Waals surface area contributed by atoms with E-state index in [1.165, 1.54) is 12.1 Å². The van der Waals surface area contributed by atoms with Gasteiger partial charge >= 0.3 is 0 Å². The van der Waals surface area contributed by atoms with Crippen LogP contribution in [0, 0.1) is 23.1 Å². The van der Waals surface area contributed by atoms with Crippen molar-refractivity contribution in [1.82, 2.24) is 0 Å². The lowest BCUT2D eigenvalue weighted by molar-refractivity contribution is -0.384. The zero-order valence-corrected chi connectivity index (χ0v) is 8.81. The predicted molar refractivity (Wildman–Crippen MR) is 62.1 cm³/mol. The van der Waals surface area contributed by atoms with Gasteiger partial charge < -0.3 is 0 Å². The first-order chi connectivity index (χ1) is 7.66. The molecule has 0 aliphatic heterocycles. The first kappa shape index (κ1) is 10.4. The molecule has 0 unspecified atom stereocenters. The van der Waals surface area contributed by atoms with Crippen LogP contribution >= 0.6 is 0 Å². The largest absolute Gasteiger partial charge is 0.270 e. The maximum absolute atomic E-state index is 10.6. The first-order valence-electron chi connectivity index (χ1n) is 4.90. The zero-order valence-electron chi connectivity index (χ0n) is 8.81. The van der Waals surface area contributed by atoms with E-state index < -0.39 is 4.92 Å².